The lowest BCUT2D eigenvalue weighted by atomic mass is 10.0. The van der Waals surface area contributed by atoms with Gasteiger partial charge < -0.3 is 31.9 Å². The summed E-state index contributed by atoms with van der Waals surface area (Å²) >= 11 is 1.48. The first-order chi connectivity index (χ1) is 20.7. The van der Waals surface area contributed by atoms with E-state index in [9.17, 15) is 29.4 Å². The van der Waals surface area contributed by atoms with Gasteiger partial charge in [-0.2, -0.15) is 11.8 Å². The number of phenolic OH excluding ortho intramolecular Hbond substituents is 1. The number of benzene rings is 3. The predicted octanol–water partition coefficient (Wildman–Crippen LogP) is 2.04. The van der Waals surface area contributed by atoms with Gasteiger partial charge in [-0.1, -0.05) is 72.8 Å². The Morgan fingerprint density at radius 3 is 1.67 bits per heavy atom. The van der Waals surface area contributed by atoms with Crippen LogP contribution in [0.25, 0.3) is 0 Å². The number of thioether (sulfide) groups is 1. The number of aliphatic carboxylic acids is 1. The molecule has 228 valence electrons. The van der Waals surface area contributed by atoms with Gasteiger partial charge in [0, 0.05) is 12.8 Å². The second-order valence-corrected chi connectivity index (χ2v) is 11.1. The highest BCUT2D eigenvalue weighted by Gasteiger charge is 2.30. The Kier molecular flexibility index (Phi) is 13.1. The van der Waals surface area contributed by atoms with Gasteiger partial charge in [0.15, 0.2) is 0 Å². The van der Waals surface area contributed by atoms with Crippen LogP contribution in [0.15, 0.2) is 84.9 Å². The number of hydrogen-bond donors (Lipinski definition) is 6. The number of nitrogens with two attached hydrogens (primary N) is 1. The van der Waals surface area contributed by atoms with Crippen molar-refractivity contribution in [3.63, 3.8) is 0 Å². The quantitative estimate of drug-likeness (QED) is 0.144. The third-order valence-electron chi connectivity index (χ3n) is 6.79. The summed E-state index contributed by atoms with van der Waals surface area (Å²) in [6.45, 7) is 0. The SMILES string of the molecule is CSCCC(NC(=O)C(Cc1ccccc1)NC(=O)C(N)Cc1ccc(O)cc1)C(=O)NC(Cc1ccccc1)C(=O)O. The van der Waals surface area contributed by atoms with Gasteiger partial charge in [0.1, 0.15) is 23.9 Å². The molecule has 4 atom stereocenters. The fraction of sp³-hybridized carbons (Fsp3) is 0.312. The van der Waals surface area contributed by atoms with Crippen molar-refractivity contribution in [1.82, 2.24) is 16.0 Å². The van der Waals surface area contributed by atoms with Crippen molar-refractivity contribution in [3.8, 4) is 5.75 Å². The molecule has 43 heavy (non-hydrogen) atoms. The lowest BCUT2D eigenvalue weighted by molar-refractivity contribution is -0.142. The second kappa shape index (κ2) is 16.9. The van der Waals surface area contributed by atoms with Crippen LogP contribution < -0.4 is 21.7 Å². The lowest BCUT2D eigenvalue weighted by Crippen LogP contribution is -2.58. The van der Waals surface area contributed by atoms with Crippen molar-refractivity contribution >= 4 is 35.5 Å². The van der Waals surface area contributed by atoms with Gasteiger partial charge in [0.2, 0.25) is 17.7 Å². The van der Waals surface area contributed by atoms with E-state index in [2.05, 4.69) is 16.0 Å². The summed E-state index contributed by atoms with van der Waals surface area (Å²) < 4.78 is 0. The molecule has 0 radical (unpaired) electrons. The average molecular weight is 607 g/mol. The molecule has 0 aliphatic rings. The van der Waals surface area contributed by atoms with Crippen LogP contribution in [0.1, 0.15) is 23.1 Å². The Morgan fingerprint density at radius 2 is 1.14 bits per heavy atom. The minimum Gasteiger partial charge on any atom is -0.508 e. The summed E-state index contributed by atoms with van der Waals surface area (Å²) in [5.41, 5.74) is 8.43. The Bertz CT molecular complexity index is 1340. The van der Waals surface area contributed by atoms with Crippen LogP contribution in [0.2, 0.25) is 0 Å². The van der Waals surface area contributed by atoms with E-state index in [0.29, 0.717) is 5.75 Å². The molecule has 0 heterocycles. The van der Waals surface area contributed by atoms with E-state index >= 15 is 0 Å². The first kappa shape index (κ1) is 33.2. The van der Waals surface area contributed by atoms with E-state index in [4.69, 9.17) is 5.73 Å². The largest absolute Gasteiger partial charge is 0.508 e. The zero-order valence-electron chi connectivity index (χ0n) is 23.9. The first-order valence-corrected chi connectivity index (χ1v) is 15.3. The predicted molar refractivity (Wildman–Crippen MR) is 167 cm³/mol. The number of amides is 3. The van der Waals surface area contributed by atoms with Crippen LogP contribution in [0.5, 0.6) is 5.75 Å². The molecule has 0 bridgehead atoms. The normalized spacial score (nSPS) is 13.6. The van der Waals surface area contributed by atoms with E-state index in [1.807, 2.05) is 42.7 Å². The molecular formula is C32H38N4O6S. The zero-order valence-corrected chi connectivity index (χ0v) is 24.8. The molecule has 3 amide bonds. The second-order valence-electron chi connectivity index (χ2n) is 10.2. The van der Waals surface area contributed by atoms with E-state index < -0.39 is 47.9 Å². The minimum absolute atomic E-state index is 0.0801. The minimum atomic E-state index is -1.19. The number of phenols is 1. The highest BCUT2D eigenvalue weighted by Crippen LogP contribution is 2.12. The van der Waals surface area contributed by atoms with Gasteiger partial charge in [0.05, 0.1) is 6.04 Å². The van der Waals surface area contributed by atoms with Crippen LogP contribution in [-0.4, -0.2) is 70.1 Å². The molecule has 0 fully saturated rings. The van der Waals surface area contributed by atoms with Gasteiger partial charge >= 0.3 is 5.97 Å². The number of carboxylic acid groups (broad SMARTS) is 1. The molecule has 0 saturated carbocycles. The van der Waals surface area contributed by atoms with Crippen molar-refractivity contribution in [2.45, 2.75) is 49.9 Å². The Labute approximate surface area is 255 Å². The molecule has 0 saturated heterocycles. The summed E-state index contributed by atoms with van der Waals surface area (Å²) in [6, 6.07) is 20.1. The van der Waals surface area contributed by atoms with Gasteiger partial charge in [-0.15, -0.1) is 0 Å². The Morgan fingerprint density at radius 1 is 0.674 bits per heavy atom. The van der Waals surface area contributed by atoms with Crippen molar-refractivity contribution in [2.24, 2.45) is 5.73 Å². The van der Waals surface area contributed by atoms with Gasteiger partial charge in [0.25, 0.3) is 0 Å². The summed E-state index contributed by atoms with van der Waals surface area (Å²) in [6.07, 6.45) is 2.52. The Balaban J connectivity index is 1.74. The van der Waals surface area contributed by atoms with Gasteiger partial charge in [-0.3, -0.25) is 14.4 Å². The lowest BCUT2D eigenvalue weighted by Gasteiger charge is -2.25. The highest BCUT2D eigenvalue weighted by atomic mass is 32.2. The number of hydrogen-bond acceptors (Lipinski definition) is 7. The van der Waals surface area contributed by atoms with E-state index in [0.717, 1.165) is 16.7 Å². The molecule has 4 unspecified atom stereocenters. The fourth-order valence-electron chi connectivity index (χ4n) is 4.42. The molecule has 0 aromatic heterocycles. The Hall–Kier alpha value is -4.35. The summed E-state index contributed by atoms with van der Waals surface area (Å²) in [5.74, 6) is -2.34. The maximum atomic E-state index is 13.6. The smallest absolute Gasteiger partial charge is 0.326 e. The van der Waals surface area contributed by atoms with E-state index in [-0.39, 0.29) is 31.4 Å². The number of carboxylic acids is 1. The van der Waals surface area contributed by atoms with Gasteiger partial charge in [-0.25, -0.2) is 4.79 Å². The number of nitrogens with one attached hydrogen (secondary N) is 3. The number of aromatic hydroxyl groups is 1. The topological polar surface area (TPSA) is 171 Å². The fourth-order valence-corrected chi connectivity index (χ4v) is 4.89. The molecular weight excluding hydrogens is 568 g/mol. The zero-order chi connectivity index (χ0) is 31.2. The third kappa shape index (κ3) is 11.1. The molecule has 3 rings (SSSR count). The maximum absolute atomic E-state index is 13.6. The van der Waals surface area contributed by atoms with Crippen LogP contribution in [0, 0.1) is 0 Å². The molecule has 7 N–H and O–H groups in total. The molecule has 3 aromatic rings. The van der Waals surface area contributed by atoms with Crippen LogP contribution in [0.4, 0.5) is 0 Å². The molecule has 11 heteroatoms. The third-order valence-corrected chi connectivity index (χ3v) is 7.43. The van der Waals surface area contributed by atoms with Crippen molar-refractivity contribution in [3.05, 3.63) is 102 Å². The average Bonchev–Trinajstić information content (AvgIpc) is 3.00. The van der Waals surface area contributed by atoms with Crippen molar-refractivity contribution < 1.29 is 29.4 Å². The monoisotopic (exact) mass is 606 g/mol. The molecule has 0 aliphatic heterocycles. The standard InChI is InChI=1S/C32H38N4O6S/c1-43-17-16-26(30(39)36-28(32(41)42)20-22-10-6-3-7-11-22)34-31(40)27(19-21-8-4-2-5-9-21)35-29(38)25(33)18-23-12-14-24(37)15-13-23/h2-15,25-28,37H,16-20,33H2,1H3,(H,34,40)(H,35,38)(H,36,39)(H,41,42). The highest BCUT2D eigenvalue weighted by molar-refractivity contribution is 7.98. The molecule has 0 aliphatic carbocycles. The van der Waals surface area contributed by atoms with Crippen LogP contribution in [-0.2, 0) is 38.4 Å². The van der Waals surface area contributed by atoms with E-state index in [1.165, 1.54) is 23.9 Å². The van der Waals surface area contributed by atoms with E-state index in [1.54, 1.807) is 36.4 Å². The van der Waals surface area contributed by atoms with Crippen molar-refractivity contribution in [2.75, 3.05) is 12.0 Å². The van der Waals surface area contributed by atoms with Crippen LogP contribution in [0.3, 0.4) is 0 Å². The summed E-state index contributed by atoms with van der Waals surface area (Å²) in [4.78, 5) is 52.0. The number of rotatable bonds is 16. The molecule has 3 aromatic carbocycles. The van der Waals surface area contributed by atoms with Crippen LogP contribution >= 0.6 is 11.8 Å². The summed E-state index contributed by atoms with van der Waals surface area (Å²) in [5, 5.41) is 27.3. The molecule has 0 spiro atoms. The van der Waals surface area contributed by atoms with Gasteiger partial charge in [-0.05, 0) is 53.7 Å². The number of carbonyl (C=O) groups excluding carboxylic acids is 3. The van der Waals surface area contributed by atoms with Crippen molar-refractivity contribution in [1.29, 1.82) is 0 Å². The summed E-state index contributed by atoms with van der Waals surface area (Å²) in [7, 11) is 0. The first-order valence-electron chi connectivity index (χ1n) is 13.9. The number of carbonyl (C=O) groups is 4. The molecule has 10 nitrogen and oxygen atoms in total. The maximum Gasteiger partial charge on any atom is 0.326 e.